The number of nitrogens with one attached hydrogen (secondary N) is 1. The van der Waals surface area contributed by atoms with Crippen molar-refractivity contribution >= 4 is 17.7 Å². The Morgan fingerprint density at radius 1 is 1.38 bits per heavy atom. The molecule has 3 rings (SSSR count). The highest BCUT2D eigenvalue weighted by molar-refractivity contribution is 5.89. The molecule has 3 N–H and O–H groups in total. The number of urea groups is 1. The van der Waals surface area contributed by atoms with Gasteiger partial charge in [0.15, 0.2) is 0 Å². The van der Waals surface area contributed by atoms with E-state index in [1.165, 1.54) is 5.56 Å². The van der Waals surface area contributed by atoms with Crippen LogP contribution >= 0.6 is 0 Å². The van der Waals surface area contributed by atoms with Gasteiger partial charge >= 0.3 is 6.03 Å². The number of hydrogen-bond acceptors (Lipinski definition) is 4. The molecule has 24 heavy (non-hydrogen) atoms. The SMILES string of the molecule is CCc1cccc(NC(=O)N2CCC(n3nc(C)nc3N)CC2)c1. The number of anilines is 2. The van der Waals surface area contributed by atoms with Gasteiger partial charge in [-0.3, -0.25) is 0 Å². The number of hydrogen-bond donors (Lipinski definition) is 2. The number of aromatic nitrogens is 3. The molecule has 0 unspecified atom stereocenters. The summed E-state index contributed by atoms with van der Waals surface area (Å²) in [5.41, 5.74) is 7.95. The molecule has 1 aliphatic heterocycles. The van der Waals surface area contributed by atoms with Crippen molar-refractivity contribution < 1.29 is 4.79 Å². The number of nitrogens with zero attached hydrogens (tertiary/aromatic N) is 4. The minimum Gasteiger partial charge on any atom is -0.368 e. The van der Waals surface area contributed by atoms with Gasteiger partial charge in [-0.25, -0.2) is 9.48 Å². The third-order valence-electron chi connectivity index (χ3n) is 4.45. The van der Waals surface area contributed by atoms with Gasteiger partial charge in [-0.2, -0.15) is 10.1 Å². The molecule has 7 heteroatoms. The number of piperidine rings is 1. The van der Waals surface area contributed by atoms with Gasteiger partial charge in [0.25, 0.3) is 0 Å². The Balaban J connectivity index is 1.58. The zero-order valence-electron chi connectivity index (χ0n) is 14.2. The monoisotopic (exact) mass is 328 g/mol. The molecular formula is C17H24N6O. The molecule has 2 amide bonds. The average molecular weight is 328 g/mol. The van der Waals surface area contributed by atoms with Gasteiger partial charge in [-0.1, -0.05) is 19.1 Å². The molecular weight excluding hydrogens is 304 g/mol. The molecule has 2 aromatic rings. The number of rotatable bonds is 3. The van der Waals surface area contributed by atoms with Crippen LogP contribution < -0.4 is 11.1 Å². The van der Waals surface area contributed by atoms with Crippen LogP contribution in [-0.2, 0) is 6.42 Å². The highest BCUT2D eigenvalue weighted by Crippen LogP contribution is 2.24. The van der Waals surface area contributed by atoms with E-state index in [9.17, 15) is 4.79 Å². The molecule has 0 bridgehead atoms. The van der Waals surface area contributed by atoms with Crippen LogP contribution in [0.4, 0.5) is 16.4 Å². The number of carbonyl (C=O) groups excluding carboxylic acids is 1. The summed E-state index contributed by atoms with van der Waals surface area (Å²) in [5, 5.41) is 7.34. The average Bonchev–Trinajstić information content (AvgIpc) is 2.93. The smallest absolute Gasteiger partial charge is 0.321 e. The molecule has 1 aliphatic rings. The summed E-state index contributed by atoms with van der Waals surface area (Å²) in [6.07, 6.45) is 2.61. The number of benzene rings is 1. The molecule has 0 radical (unpaired) electrons. The molecule has 1 aromatic heterocycles. The van der Waals surface area contributed by atoms with Crippen molar-refractivity contribution in [2.45, 2.75) is 39.2 Å². The van der Waals surface area contributed by atoms with Crippen molar-refractivity contribution in [3.8, 4) is 0 Å². The Morgan fingerprint density at radius 3 is 2.75 bits per heavy atom. The van der Waals surface area contributed by atoms with Crippen molar-refractivity contribution in [1.29, 1.82) is 0 Å². The van der Waals surface area contributed by atoms with Crippen molar-refractivity contribution in [2.75, 3.05) is 24.1 Å². The summed E-state index contributed by atoms with van der Waals surface area (Å²) in [5.74, 6) is 1.13. The molecule has 0 aliphatic carbocycles. The zero-order chi connectivity index (χ0) is 17.1. The second kappa shape index (κ2) is 6.90. The van der Waals surface area contributed by atoms with E-state index in [0.29, 0.717) is 24.9 Å². The van der Waals surface area contributed by atoms with E-state index in [1.807, 2.05) is 30.0 Å². The molecule has 128 valence electrons. The molecule has 0 atom stereocenters. The van der Waals surface area contributed by atoms with E-state index in [2.05, 4.69) is 28.4 Å². The van der Waals surface area contributed by atoms with E-state index < -0.39 is 0 Å². The Hall–Kier alpha value is -2.57. The summed E-state index contributed by atoms with van der Waals surface area (Å²) < 4.78 is 1.79. The van der Waals surface area contributed by atoms with Crippen LogP contribution in [0.3, 0.4) is 0 Å². The number of nitrogens with two attached hydrogens (primary N) is 1. The highest BCUT2D eigenvalue weighted by atomic mass is 16.2. The fourth-order valence-electron chi connectivity index (χ4n) is 3.10. The van der Waals surface area contributed by atoms with Crippen molar-refractivity contribution in [1.82, 2.24) is 19.7 Å². The van der Waals surface area contributed by atoms with Crippen LogP contribution in [0, 0.1) is 6.92 Å². The molecule has 0 spiro atoms. The number of carbonyl (C=O) groups is 1. The second-order valence-corrected chi connectivity index (χ2v) is 6.16. The Labute approximate surface area is 141 Å². The van der Waals surface area contributed by atoms with Gasteiger partial charge in [0.1, 0.15) is 5.82 Å². The summed E-state index contributed by atoms with van der Waals surface area (Å²) in [7, 11) is 0. The lowest BCUT2D eigenvalue weighted by Gasteiger charge is -2.32. The fourth-order valence-corrected chi connectivity index (χ4v) is 3.10. The van der Waals surface area contributed by atoms with Crippen LogP contribution in [0.15, 0.2) is 24.3 Å². The van der Waals surface area contributed by atoms with Crippen molar-refractivity contribution in [3.63, 3.8) is 0 Å². The molecule has 0 saturated carbocycles. The van der Waals surface area contributed by atoms with Gasteiger partial charge in [-0.05, 0) is 43.9 Å². The summed E-state index contributed by atoms with van der Waals surface area (Å²) in [6.45, 7) is 5.30. The molecule has 7 nitrogen and oxygen atoms in total. The first-order valence-electron chi connectivity index (χ1n) is 8.40. The normalized spacial score (nSPS) is 15.5. The number of amides is 2. The van der Waals surface area contributed by atoms with Gasteiger partial charge in [-0.15, -0.1) is 0 Å². The molecule has 2 heterocycles. The van der Waals surface area contributed by atoms with Crippen LogP contribution in [-0.4, -0.2) is 38.8 Å². The maximum Gasteiger partial charge on any atom is 0.321 e. The Morgan fingerprint density at radius 2 is 2.12 bits per heavy atom. The molecule has 1 aromatic carbocycles. The topological polar surface area (TPSA) is 89.1 Å². The minimum absolute atomic E-state index is 0.0514. The van der Waals surface area contributed by atoms with Crippen LogP contribution in [0.25, 0.3) is 0 Å². The quantitative estimate of drug-likeness (QED) is 0.906. The lowest BCUT2D eigenvalue weighted by molar-refractivity contribution is 0.181. The summed E-state index contributed by atoms with van der Waals surface area (Å²) in [4.78, 5) is 18.4. The van der Waals surface area contributed by atoms with Gasteiger partial charge in [0.05, 0.1) is 6.04 Å². The third-order valence-corrected chi connectivity index (χ3v) is 4.45. The van der Waals surface area contributed by atoms with Gasteiger partial charge in [0.2, 0.25) is 5.95 Å². The van der Waals surface area contributed by atoms with Crippen molar-refractivity contribution in [2.24, 2.45) is 0 Å². The number of nitrogen functional groups attached to an aromatic ring is 1. The fraction of sp³-hybridized carbons (Fsp3) is 0.471. The van der Waals surface area contributed by atoms with Gasteiger partial charge < -0.3 is 16.0 Å². The van der Waals surface area contributed by atoms with Crippen LogP contribution in [0.5, 0.6) is 0 Å². The standard InChI is InChI=1S/C17H24N6O/c1-3-13-5-4-6-14(11-13)20-17(24)22-9-7-15(8-10-22)23-16(18)19-12(2)21-23/h4-6,11,15H,3,7-10H2,1-2H3,(H,20,24)(H2,18,19,21). The van der Waals surface area contributed by atoms with E-state index in [0.717, 1.165) is 24.9 Å². The summed E-state index contributed by atoms with van der Waals surface area (Å²) in [6, 6.07) is 8.12. The Kier molecular flexibility index (Phi) is 4.69. The largest absolute Gasteiger partial charge is 0.368 e. The first-order chi connectivity index (χ1) is 11.6. The van der Waals surface area contributed by atoms with E-state index in [-0.39, 0.29) is 12.1 Å². The number of likely N-dealkylation sites (tertiary alicyclic amines) is 1. The lowest BCUT2D eigenvalue weighted by atomic mass is 10.1. The highest BCUT2D eigenvalue weighted by Gasteiger charge is 2.25. The third kappa shape index (κ3) is 3.50. The minimum atomic E-state index is -0.0514. The summed E-state index contributed by atoms with van der Waals surface area (Å²) >= 11 is 0. The predicted molar refractivity (Wildman–Crippen MR) is 93.9 cm³/mol. The Bertz CT molecular complexity index is 718. The van der Waals surface area contributed by atoms with Crippen LogP contribution in [0.2, 0.25) is 0 Å². The van der Waals surface area contributed by atoms with Crippen LogP contribution in [0.1, 0.15) is 37.2 Å². The zero-order valence-corrected chi connectivity index (χ0v) is 14.2. The van der Waals surface area contributed by atoms with E-state index >= 15 is 0 Å². The molecule has 1 fully saturated rings. The predicted octanol–water partition coefficient (Wildman–Crippen LogP) is 2.60. The second-order valence-electron chi connectivity index (χ2n) is 6.16. The first kappa shape index (κ1) is 16.3. The molecule has 1 saturated heterocycles. The van der Waals surface area contributed by atoms with Crippen molar-refractivity contribution in [3.05, 3.63) is 35.7 Å². The van der Waals surface area contributed by atoms with E-state index in [1.54, 1.807) is 4.68 Å². The van der Waals surface area contributed by atoms with E-state index in [4.69, 9.17) is 5.73 Å². The first-order valence-corrected chi connectivity index (χ1v) is 8.40. The van der Waals surface area contributed by atoms with Gasteiger partial charge in [0, 0.05) is 18.8 Å². The maximum absolute atomic E-state index is 12.4. The maximum atomic E-state index is 12.4. The number of aryl methyl sites for hydroxylation is 2. The lowest BCUT2D eigenvalue weighted by Crippen LogP contribution is -2.41.